The lowest BCUT2D eigenvalue weighted by Gasteiger charge is -2.38. The van der Waals surface area contributed by atoms with Gasteiger partial charge in [0.2, 0.25) is 0 Å². The summed E-state index contributed by atoms with van der Waals surface area (Å²) in [6.45, 7) is 3.15. The predicted octanol–water partition coefficient (Wildman–Crippen LogP) is 1.39. The highest BCUT2D eigenvalue weighted by Crippen LogP contribution is 2.42. The molecule has 0 aromatic carbocycles. The third kappa shape index (κ3) is 2.20. The Morgan fingerprint density at radius 3 is 3.37 bits per heavy atom. The first kappa shape index (κ1) is 12.8. The second-order valence-electron chi connectivity index (χ2n) is 4.91. The summed E-state index contributed by atoms with van der Waals surface area (Å²) in [5, 5.41) is 13.4. The first-order valence-electron chi connectivity index (χ1n) is 6.06. The van der Waals surface area contributed by atoms with Gasteiger partial charge in [-0.15, -0.1) is 11.3 Å². The SMILES string of the molecule is C[C@H]1C[C@H]2CON[C@]2(c2nc(NC(=O)O)cs2)CO1. The normalized spacial score (nSPS) is 33.9. The maximum Gasteiger partial charge on any atom is 0.410 e. The fourth-order valence-electron chi connectivity index (χ4n) is 2.58. The number of hydrogen-bond acceptors (Lipinski definition) is 6. The van der Waals surface area contributed by atoms with Crippen molar-refractivity contribution in [2.45, 2.75) is 25.0 Å². The van der Waals surface area contributed by atoms with Crippen molar-refractivity contribution in [2.75, 3.05) is 18.5 Å². The molecule has 19 heavy (non-hydrogen) atoms. The first-order valence-corrected chi connectivity index (χ1v) is 6.94. The largest absolute Gasteiger partial charge is 0.465 e. The maximum atomic E-state index is 10.6. The van der Waals surface area contributed by atoms with Crippen molar-refractivity contribution >= 4 is 23.2 Å². The van der Waals surface area contributed by atoms with E-state index in [1.165, 1.54) is 11.3 Å². The van der Waals surface area contributed by atoms with Crippen molar-refractivity contribution < 1.29 is 19.5 Å². The molecular formula is C11H15N3O4S. The number of amides is 1. The molecular weight excluding hydrogens is 270 g/mol. The quantitative estimate of drug-likeness (QED) is 0.760. The van der Waals surface area contributed by atoms with Crippen LogP contribution in [0.2, 0.25) is 0 Å². The summed E-state index contributed by atoms with van der Waals surface area (Å²) in [4.78, 5) is 20.3. The molecule has 0 bridgehead atoms. The van der Waals surface area contributed by atoms with Gasteiger partial charge in [0.15, 0.2) is 0 Å². The Labute approximate surface area is 113 Å². The molecule has 104 valence electrons. The Morgan fingerprint density at radius 1 is 1.74 bits per heavy atom. The van der Waals surface area contributed by atoms with E-state index in [9.17, 15) is 4.79 Å². The van der Waals surface area contributed by atoms with Gasteiger partial charge in [0.1, 0.15) is 16.4 Å². The van der Waals surface area contributed by atoms with Crippen LogP contribution >= 0.6 is 11.3 Å². The fourth-order valence-corrected chi connectivity index (χ4v) is 3.54. The van der Waals surface area contributed by atoms with E-state index >= 15 is 0 Å². The number of thiazole rings is 1. The number of carboxylic acid groups (broad SMARTS) is 1. The Balaban J connectivity index is 1.87. The van der Waals surface area contributed by atoms with Crippen LogP contribution in [0.5, 0.6) is 0 Å². The fraction of sp³-hybridized carbons (Fsp3) is 0.636. The summed E-state index contributed by atoms with van der Waals surface area (Å²) in [5.74, 6) is 0.632. The zero-order valence-electron chi connectivity index (χ0n) is 10.4. The number of nitrogens with one attached hydrogen (secondary N) is 2. The van der Waals surface area contributed by atoms with Crippen LogP contribution in [0, 0.1) is 5.92 Å². The van der Waals surface area contributed by atoms with Crippen LogP contribution in [-0.4, -0.2) is 35.5 Å². The zero-order valence-corrected chi connectivity index (χ0v) is 11.2. The van der Waals surface area contributed by atoms with E-state index in [4.69, 9.17) is 14.7 Å². The molecule has 0 saturated carbocycles. The maximum absolute atomic E-state index is 10.6. The average Bonchev–Trinajstić information content (AvgIpc) is 2.94. The van der Waals surface area contributed by atoms with Crippen molar-refractivity contribution in [1.29, 1.82) is 0 Å². The van der Waals surface area contributed by atoms with Crippen molar-refractivity contribution in [3.8, 4) is 0 Å². The van der Waals surface area contributed by atoms with Gasteiger partial charge in [-0.1, -0.05) is 0 Å². The summed E-state index contributed by atoms with van der Waals surface area (Å²) >= 11 is 1.41. The Bertz CT molecular complexity index is 494. The summed E-state index contributed by atoms with van der Waals surface area (Å²) in [5.41, 5.74) is 2.57. The van der Waals surface area contributed by atoms with Crippen LogP contribution in [0.1, 0.15) is 18.4 Å². The van der Waals surface area contributed by atoms with Gasteiger partial charge >= 0.3 is 6.09 Å². The van der Waals surface area contributed by atoms with Gasteiger partial charge < -0.3 is 14.7 Å². The van der Waals surface area contributed by atoms with Gasteiger partial charge in [-0.05, 0) is 13.3 Å². The van der Waals surface area contributed by atoms with Crippen LogP contribution in [0.15, 0.2) is 5.38 Å². The lowest BCUT2D eigenvalue weighted by molar-refractivity contribution is -0.0602. The van der Waals surface area contributed by atoms with E-state index in [0.717, 1.165) is 11.4 Å². The molecule has 0 radical (unpaired) electrons. The van der Waals surface area contributed by atoms with Crippen LogP contribution in [0.3, 0.4) is 0 Å². The molecule has 3 N–H and O–H groups in total. The van der Waals surface area contributed by atoms with Gasteiger partial charge in [-0.25, -0.2) is 9.78 Å². The minimum atomic E-state index is -1.12. The molecule has 7 nitrogen and oxygen atoms in total. The number of fused-ring (bicyclic) bond motifs is 1. The third-order valence-corrected chi connectivity index (χ3v) is 4.59. The molecule has 3 atom stereocenters. The molecule has 3 heterocycles. The lowest BCUT2D eigenvalue weighted by atomic mass is 9.81. The lowest BCUT2D eigenvalue weighted by Crippen LogP contribution is -2.50. The Morgan fingerprint density at radius 2 is 2.58 bits per heavy atom. The molecule has 2 saturated heterocycles. The third-order valence-electron chi connectivity index (χ3n) is 3.57. The molecule has 1 aromatic heterocycles. The van der Waals surface area contributed by atoms with Gasteiger partial charge in [-0.3, -0.25) is 5.32 Å². The number of rotatable bonds is 2. The van der Waals surface area contributed by atoms with Gasteiger partial charge in [0, 0.05) is 11.3 Å². The molecule has 8 heteroatoms. The highest BCUT2D eigenvalue weighted by molar-refractivity contribution is 7.10. The topological polar surface area (TPSA) is 92.7 Å². The van der Waals surface area contributed by atoms with E-state index in [1.807, 2.05) is 6.92 Å². The molecule has 1 amide bonds. The summed E-state index contributed by atoms with van der Waals surface area (Å²) in [7, 11) is 0. The number of carbonyl (C=O) groups is 1. The second kappa shape index (κ2) is 4.71. The minimum Gasteiger partial charge on any atom is -0.465 e. The van der Waals surface area contributed by atoms with Crippen LogP contribution in [-0.2, 0) is 15.1 Å². The molecule has 0 aliphatic carbocycles. The molecule has 2 aliphatic rings. The molecule has 2 fully saturated rings. The van der Waals surface area contributed by atoms with Crippen molar-refractivity contribution in [3.05, 3.63) is 10.4 Å². The number of hydroxylamine groups is 1. The molecule has 3 rings (SSSR count). The van der Waals surface area contributed by atoms with Crippen molar-refractivity contribution in [3.63, 3.8) is 0 Å². The van der Waals surface area contributed by atoms with Gasteiger partial charge in [-0.2, -0.15) is 5.48 Å². The summed E-state index contributed by atoms with van der Waals surface area (Å²) < 4.78 is 5.73. The first-order chi connectivity index (χ1) is 9.10. The van der Waals surface area contributed by atoms with E-state index in [-0.39, 0.29) is 6.10 Å². The van der Waals surface area contributed by atoms with E-state index < -0.39 is 11.6 Å². The van der Waals surface area contributed by atoms with E-state index in [0.29, 0.717) is 24.9 Å². The number of nitrogens with zero attached hydrogens (tertiary/aromatic N) is 1. The highest BCUT2D eigenvalue weighted by atomic mass is 32.1. The monoisotopic (exact) mass is 285 g/mol. The summed E-state index contributed by atoms with van der Waals surface area (Å²) in [6, 6.07) is 0. The smallest absolute Gasteiger partial charge is 0.410 e. The minimum absolute atomic E-state index is 0.207. The standard InChI is InChI=1S/C11H15N3O4S/c1-6-2-7-3-18-14-11(7,5-17-6)9-12-8(4-19-9)13-10(15)16/h4,6-7,13-14H,2-3,5H2,1H3,(H,15,16)/t6-,7-,11+/m0/s1. The zero-order chi connectivity index (χ0) is 13.5. The van der Waals surface area contributed by atoms with Crippen LogP contribution < -0.4 is 10.8 Å². The van der Waals surface area contributed by atoms with E-state index in [1.54, 1.807) is 5.38 Å². The molecule has 1 aromatic rings. The highest BCUT2D eigenvalue weighted by Gasteiger charge is 2.51. The Hall–Kier alpha value is -1.22. The van der Waals surface area contributed by atoms with Crippen LogP contribution in [0.25, 0.3) is 0 Å². The van der Waals surface area contributed by atoms with Crippen molar-refractivity contribution in [1.82, 2.24) is 10.5 Å². The summed E-state index contributed by atoms with van der Waals surface area (Å²) in [6.07, 6.45) is -0.0119. The number of ether oxygens (including phenoxy) is 1. The number of aromatic nitrogens is 1. The number of anilines is 1. The molecule has 0 spiro atoms. The molecule has 2 aliphatic heterocycles. The second-order valence-corrected chi connectivity index (χ2v) is 5.76. The van der Waals surface area contributed by atoms with E-state index in [2.05, 4.69) is 15.8 Å². The van der Waals surface area contributed by atoms with Gasteiger partial charge in [0.05, 0.1) is 19.3 Å². The van der Waals surface area contributed by atoms with Crippen LogP contribution in [0.4, 0.5) is 10.6 Å². The van der Waals surface area contributed by atoms with Gasteiger partial charge in [0.25, 0.3) is 0 Å². The van der Waals surface area contributed by atoms with Crippen molar-refractivity contribution in [2.24, 2.45) is 5.92 Å². The Kier molecular flexibility index (Phi) is 3.17. The average molecular weight is 285 g/mol. The number of hydrogen-bond donors (Lipinski definition) is 3. The molecule has 0 unspecified atom stereocenters. The predicted molar refractivity (Wildman–Crippen MR) is 68.0 cm³/mol.